The van der Waals surface area contributed by atoms with Crippen LogP contribution in [0.5, 0.6) is 5.75 Å². The Hall–Kier alpha value is -4.16. The van der Waals surface area contributed by atoms with Crippen LogP contribution in [-0.2, 0) is 25.2 Å². The van der Waals surface area contributed by atoms with Gasteiger partial charge in [0.15, 0.2) is 0 Å². The lowest BCUT2D eigenvalue weighted by Crippen LogP contribution is -2.46. The number of amides is 3. The Labute approximate surface area is 253 Å². The van der Waals surface area contributed by atoms with E-state index >= 15 is 0 Å². The van der Waals surface area contributed by atoms with Crippen molar-refractivity contribution in [3.05, 3.63) is 89.7 Å². The molecular formula is C30H31ClFN3O7S. The minimum absolute atomic E-state index is 0.0132. The van der Waals surface area contributed by atoms with Crippen molar-refractivity contribution in [1.82, 2.24) is 10.2 Å². The smallest absolute Gasteiger partial charge is 0.410 e. The first-order valence-corrected chi connectivity index (χ1v) is 15.8. The van der Waals surface area contributed by atoms with Gasteiger partial charge in [-0.2, -0.15) is 0 Å². The van der Waals surface area contributed by atoms with Crippen molar-refractivity contribution < 1.29 is 36.7 Å². The standard InChI is InChI=1S/C30H31ClFN3O7S/c1-41-26-18-24(11-12-27(26)43(31,39)40)33-29(37)25(34-28(36)22-7-9-23(32)10-8-22)17-20-13-15-35(16-14-20)30(38)42-19-21-5-3-2-4-6-21/h2-12,18,20,25H,13-17,19H2,1H3,(H,33,37)(H,34,36). The van der Waals surface area contributed by atoms with Crippen LogP contribution in [0.3, 0.4) is 0 Å². The van der Waals surface area contributed by atoms with Gasteiger partial charge in [0.2, 0.25) is 5.91 Å². The van der Waals surface area contributed by atoms with Crippen LogP contribution in [0.1, 0.15) is 35.2 Å². The molecule has 0 spiro atoms. The molecule has 1 fully saturated rings. The first-order chi connectivity index (χ1) is 20.5. The average molecular weight is 632 g/mol. The number of piperidine rings is 1. The number of anilines is 1. The van der Waals surface area contributed by atoms with Crippen molar-refractivity contribution in [2.24, 2.45) is 5.92 Å². The van der Waals surface area contributed by atoms with E-state index in [4.69, 9.17) is 20.2 Å². The van der Waals surface area contributed by atoms with E-state index < -0.39 is 38.8 Å². The lowest BCUT2D eigenvalue weighted by atomic mass is 9.89. The topological polar surface area (TPSA) is 131 Å². The second-order valence-electron chi connectivity index (χ2n) is 10.0. The number of halogens is 2. The number of rotatable bonds is 10. The molecule has 0 bridgehead atoms. The Morgan fingerprint density at radius 3 is 2.33 bits per heavy atom. The Morgan fingerprint density at radius 2 is 1.70 bits per heavy atom. The molecular weight excluding hydrogens is 601 g/mol. The maximum atomic E-state index is 13.4. The van der Waals surface area contributed by atoms with Gasteiger partial charge in [-0.1, -0.05) is 30.3 Å². The number of hydrogen-bond acceptors (Lipinski definition) is 7. The van der Waals surface area contributed by atoms with Gasteiger partial charge in [0.25, 0.3) is 15.0 Å². The Balaban J connectivity index is 1.42. The van der Waals surface area contributed by atoms with Crippen molar-refractivity contribution in [3.8, 4) is 5.75 Å². The van der Waals surface area contributed by atoms with E-state index in [1.54, 1.807) is 4.90 Å². The van der Waals surface area contributed by atoms with Crippen LogP contribution in [0.15, 0.2) is 77.7 Å². The van der Waals surface area contributed by atoms with Gasteiger partial charge in [0.1, 0.15) is 29.1 Å². The van der Waals surface area contributed by atoms with E-state index in [-0.39, 0.29) is 40.8 Å². The lowest BCUT2D eigenvalue weighted by Gasteiger charge is -2.33. The van der Waals surface area contributed by atoms with Crippen molar-refractivity contribution >= 4 is 43.3 Å². The number of ether oxygens (including phenoxy) is 2. The lowest BCUT2D eigenvalue weighted by molar-refractivity contribution is -0.118. The first-order valence-electron chi connectivity index (χ1n) is 13.5. The normalized spacial score (nSPS) is 14.4. The van der Waals surface area contributed by atoms with Crippen molar-refractivity contribution in [3.63, 3.8) is 0 Å². The third kappa shape index (κ3) is 8.91. The van der Waals surface area contributed by atoms with E-state index in [2.05, 4.69) is 10.6 Å². The molecule has 3 aromatic carbocycles. The molecule has 1 heterocycles. The number of hydrogen-bond donors (Lipinski definition) is 2. The molecule has 13 heteroatoms. The predicted octanol–water partition coefficient (Wildman–Crippen LogP) is 4.94. The van der Waals surface area contributed by atoms with Gasteiger partial charge in [-0.15, -0.1) is 0 Å². The highest BCUT2D eigenvalue weighted by Crippen LogP contribution is 2.30. The van der Waals surface area contributed by atoms with Crippen molar-refractivity contribution in [1.29, 1.82) is 0 Å². The zero-order valence-electron chi connectivity index (χ0n) is 23.3. The maximum absolute atomic E-state index is 13.4. The van der Waals surface area contributed by atoms with Gasteiger partial charge in [0, 0.05) is 41.1 Å². The molecule has 228 valence electrons. The molecule has 0 radical (unpaired) electrons. The summed E-state index contributed by atoms with van der Waals surface area (Å²) in [5, 5.41) is 5.42. The van der Waals surface area contributed by atoms with Crippen LogP contribution >= 0.6 is 10.7 Å². The number of carbonyl (C=O) groups is 3. The number of likely N-dealkylation sites (tertiary alicyclic amines) is 1. The highest BCUT2D eigenvalue weighted by molar-refractivity contribution is 8.13. The Kier molecular flexibility index (Phi) is 10.6. The SMILES string of the molecule is COc1cc(NC(=O)C(CC2CCN(C(=O)OCc3ccccc3)CC2)NC(=O)c2ccc(F)cc2)ccc1S(=O)(=O)Cl. The second-order valence-corrected chi connectivity index (χ2v) is 12.6. The summed E-state index contributed by atoms with van der Waals surface area (Å²) in [7, 11) is 2.64. The van der Waals surface area contributed by atoms with Crippen LogP contribution in [0.2, 0.25) is 0 Å². The zero-order chi connectivity index (χ0) is 31.0. The fraction of sp³-hybridized carbons (Fsp3) is 0.300. The van der Waals surface area contributed by atoms with Gasteiger partial charge in [-0.25, -0.2) is 17.6 Å². The van der Waals surface area contributed by atoms with Gasteiger partial charge in [-0.05, 0) is 67.1 Å². The van der Waals surface area contributed by atoms with E-state index in [9.17, 15) is 27.2 Å². The van der Waals surface area contributed by atoms with E-state index in [0.29, 0.717) is 25.9 Å². The summed E-state index contributed by atoms with van der Waals surface area (Å²) >= 11 is 0. The molecule has 43 heavy (non-hydrogen) atoms. The van der Waals surface area contributed by atoms with Crippen LogP contribution in [-0.4, -0.2) is 57.5 Å². The third-order valence-corrected chi connectivity index (χ3v) is 8.43. The zero-order valence-corrected chi connectivity index (χ0v) is 24.9. The molecule has 1 atom stereocenters. The predicted molar refractivity (Wildman–Crippen MR) is 158 cm³/mol. The molecule has 1 aliphatic heterocycles. The van der Waals surface area contributed by atoms with E-state index in [0.717, 1.165) is 17.7 Å². The summed E-state index contributed by atoms with van der Waals surface area (Å²) < 4.78 is 47.6. The van der Waals surface area contributed by atoms with Gasteiger partial charge in [-0.3, -0.25) is 9.59 Å². The highest BCUT2D eigenvalue weighted by Gasteiger charge is 2.30. The number of benzene rings is 3. The van der Waals surface area contributed by atoms with Crippen molar-refractivity contribution in [2.75, 3.05) is 25.5 Å². The van der Waals surface area contributed by atoms with E-state index in [1.807, 2.05) is 30.3 Å². The maximum Gasteiger partial charge on any atom is 0.410 e. The van der Waals surface area contributed by atoms with Crippen LogP contribution < -0.4 is 15.4 Å². The number of nitrogens with one attached hydrogen (secondary N) is 2. The third-order valence-electron chi connectivity index (χ3n) is 7.07. The molecule has 1 saturated heterocycles. The fourth-order valence-corrected chi connectivity index (χ4v) is 5.74. The second kappa shape index (κ2) is 14.3. The summed E-state index contributed by atoms with van der Waals surface area (Å²) in [5.41, 5.74) is 1.28. The monoisotopic (exact) mass is 631 g/mol. The van der Waals surface area contributed by atoms with Crippen LogP contribution in [0, 0.1) is 11.7 Å². The van der Waals surface area contributed by atoms with Crippen LogP contribution in [0.4, 0.5) is 14.9 Å². The molecule has 0 saturated carbocycles. The molecule has 0 aromatic heterocycles. The average Bonchev–Trinajstić information content (AvgIpc) is 3.00. The van der Waals surface area contributed by atoms with Crippen LogP contribution in [0.25, 0.3) is 0 Å². The summed E-state index contributed by atoms with van der Waals surface area (Å²) in [6, 6.07) is 17.2. The summed E-state index contributed by atoms with van der Waals surface area (Å²) in [6.07, 6.45) is 0.994. The molecule has 0 aliphatic carbocycles. The minimum atomic E-state index is -4.09. The van der Waals surface area contributed by atoms with Gasteiger partial charge >= 0.3 is 6.09 Å². The highest BCUT2D eigenvalue weighted by atomic mass is 35.7. The Bertz CT molecular complexity index is 1550. The molecule has 10 nitrogen and oxygen atoms in total. The largest absolute Gasteiger partial charge is 0.495 e. The molecule has 1 aliphatic rings. The van der Waals surface area contributed by atoms with Gasteiger partial charge in [0.05, 0.1) is 7.11 Å². The number of nitrogens with zero attached hydrogens (tertiary/aromatic N) is 1. The number of methoxy groups -OCH3 is 1. The summed E-state index contributed by atoms with van der Waals surface area (Å²) in [5.74, 6) is -1.70. The molecule has 4 rings (SSSR count). The summed E-state index contributed by atoms with van der Waals surface area (Å²) in [4.78, 5) is 40.3. The Morgan fingerprint density at radius 1 is 1.02 bits per heavy atom. The molecule has 3 amide bonds. The fourth-order valence-electron chi connectivity index (χ4n) is 4.75. The molecule has 3 aromatic rings. The quantitative estimate of drug-likeness (QED) is 0.303. The molecule has 2 N–H and O–H groups in total. The van der Waals surface area contributed by atoms with Crippen molar-refractivity contribution in [2.45, 2.75) is 36.8 Å². The van der Waals surface area contributed by atoms with Gasteiger partial charge < -0.3 is 25.0 Å². The number of carbonyl (C=O) groups excluding carboxylic acids is 3. The minimum Gasteiger partial charge on any atom is -0.495 e. The first kappa shape index (κ1) is 31.8. The van der Waals surface area contributed by atoms with E-state index in [1.165, 1.54) is 37.4 Å². The summed E-state index contributed by atoms with van der Waals surface area (Å²) in [6.45, 7) is 1.01. The molecule has 1 unspecified atom stereocenters.